The fraction of sp³-hybridized carbons (Fsp3) is 0.333. The molecular weight excluding hydrogens is 502 g/mol. The number of carbonyl (C=O) groups excluding carboxylic acids is 1. The molecule has 0 radical (unpaired) electrons. The summed E-state index contributed by atoms with van der Waals surface area (Å²) in [5, 5.41) is 36.4. The predicted molar refractivity (Wildman–Crippen MR) is 143 cm³/mol. The fourth-order valence-corrected chi connectivity index (χ4v) is 4.70. The van der Waals surface area contributed by atoms with Gasteiger partial charge in [-0.25, -0.2) is 15.0 Å². The van der Waals surface area contributed by atoms with Crippen LogP contribution in [0.2, 0.25) is 0 Å². The summed E-state index contributed by atoms with van der Waals surface area (Å²) in [6, 6.07) is 20.1. The van der Waals surface area contributed by atoms with Gasteiger partial charge < -0.3 is 36.4 Å². The molecule has 1 aliphatic heterocycles. The first-order valence-corrected chi connectivity index (χ1v) is 12.7. The SMILES string of the molecule is NCCNC(=O)c1nc(NCC(c2ccccc2)c2ccccc2)c2ncn(C3OC(CO)C(O)C3O)c2n1. The van der Waals surface area contributed by atoms with E-state index in [0.717, 1.165) is 11.1 Å². The van der Waals surface area contributed by atoms with Gasteiger partial charge in [-0.05, 0) is 11.1 Å². The number of nitrogens with one attached hydrogen (secondary N) is 2. The zero-order valence-electron chi connectivity index (χ0n) is 21.1. The zero-order chi connectivity index (χ0) is 27.4. The largest absolute Gasteiger partial charge is 0.394 e. The second-order valence-electron chi connectivity index (χ2n) is 9.25. The lowest BCUT2D eigenvalue weighted by molar-refractivity contribution is -0.0511. The molecule has 4 unspecified atom stereocenters. The molecule has 1 amide bonds. The van der Waals surface area contributed by atoms with E-state index in [9.17, 15) is 20.1 Å². The van der Waals surface area contributed by atoms with Crippen LogP contribution in [0.15, 0.2) is 67.0 Å². The van der Waals surface area contributed by atoms with Gasteiger partial charge in [0.25, 0.3) is 5.91 Å². The Bertz CT molecular complexity index is 1360. The molecule has 4 aromatic rings. The lowest BCUT2D eigenvalue weighted by atomic mass is 9.91. The number of aliphatic hydroxyl groups excluding tert-OH is 3. The van der Waals surface area contributed by atoms with E-state index in [1.807, 2.05) is 36.4 Å². The van der Waals surface area contributed by atoms with Crippen LogP contribution in [-0.4, -0.2) is 85.3 Å². The number of ether oxygens (including phenoxy) is 1. The third-order valence-corrected chi connectivity index (χ3v) is 6.72. The van der Waals surface area contributed by atoms with E-state index < -0.39 is 37.1 Å². The van der Waals surface area contributed by atoms with E-state index in [0.29, 0.717) is 17.9 Å². The molecule has 1 fully saturated rings. The molecule has 4 atom stereocenters. The van der Waals surface area contributed by atoms with E-state index in [4.69, 9.17) is 10.5 Å². The van der Waals surface area contributed by atoms with Crippen molar-refractivity contribution in [2.75, 3.05) is 31.6 Å². The third kappa shape index (κ3) is 5.46. The monoisotopic (exact) mass is 533 g/mol. The first-order valence-electron chi connectivity index (χ1n) is 12.7. The van der Waals surface area contributed by atoms with Gasteiger partial charge in [0.05, 0.1) is 12.9 Å². The minimum atomic E-state index is -1.35. The summed E-state index contributed by atoms with van der Waals surface area (Å²) in [4.78, 5) is 26.2. The van der Waals surface area contributed by atoms with Gasteiger partial charge in [0, 0.05) is 25.6 Å². The van der Waals surface area contributed by atoms with Crippen LogP contribution in [0.1, 0.15) is 33.9 Å². The molecule has 0 bridgehead atoms. The van der Waals surface area contributed by atoms with E-state index in [-0.39, 0.29) is 30.5 Å². The number of rotatable bonds is 10. The molecule has 2 aromatic heterocycles. The fourth-order valence-electron chi connectivity index (χ4n) is 4.70. The van der Waals surface area contributed by atoms with Gasteiger partial charge in [0.2, 0.25) is 5.82 Å². The third-order valence-electron chi connectivity index (χ3n) is 6.72. The van der Waals surface area contributed by atoms with Gasteiger partial charge in [-0.15, -0.1) is 0 Å². The molecule has 3 heterocycles. The maximum atomic E-state index is 12.8. The van der Waals surface area contributed by atoms with Crippen molar-refractivity contribution in [1.29, 1.82) is 0 Å². The van der Waals surface area contributed by atoms with Crippen molar-refractivity contribution in [1.82, 2.24) is 24.8 Å². The van der Waals surface area contributed by atoms with Crippen LogP contribution in [0.4, 0.5) is 5.82 Å². The predicted octanol–water partition coefficient (Wildman–Crippen LogP) is 0.370. The van der Waals surface area contributed by atoms with Crippen LogP contribution in [0.3, 0.4) is 0 Å². The van der Waals surface area contributed by atoms with Crippen LogP contribution in [0, 0.1) is 0 Å². The Balaban J connectivity index is 1.53. The van der Waals surface area contributed by atoms with Crippen LogP contribution >= 0.6 is 0 Å². The van der Waals surface area contributed by atoms with E-state index in [2.05, 4.69) is 49.9 Å². The molecule has 12 nitrogen and oxygen atoms in total. The number of hydrogen-bond donors (Lipinski definition) is 6. The zero-order valence-corrected chi connectivity index (χ0v) is 21.1. The molecule has 39 heavy (non-hydrogen) atoms. The Morgan fingerprint density at radius 1 is 1.03 bits per heavy atom. The van der Waals surface area contributed by atoms with Gasteiger partial charge in [0.15, 0.2) is 23.2 Å². The number of imidazole rings is 1. The lowest BCUT2D eigenvalue weighted by Crippen LogP contribution is -2.33. The van der Waals surface area contributed by atoms with Crippen molar-refractivity contribution in [3.8, 4) is 0 Å². The molecule has 1 saturated heterocycles. The molecule has 5 rings (SSSR count). The Hall–Kier alpha value is -3.94. The highest BCUT2D eigenvalue weighted by molar-refractivity contribution is 5.94. The Labute approximate surface area is 224 Å². The molecule has 12 heteroatoms. The average Bonchev–Trinajstić information content (AvgIpc) is 3.53. The van der Waals surface area contributed by atoms with Crippen molar-refractivity contribution in [3.63, 3.8) is 0 Å². The van der Waals surface area contributed by atoms with Crippen molar-refractivity contribution in [2.24, 2.45) is 5.73 Å². The first kappa shape index (κ1) is 26.7. The molecule has 0 aliphatic carbocycles. The number of amides is 1. The van der Waals surface area contributed by atoms with E-state index in [1.165, 1.54) is 10.9 Å². The van der Waals surface area contributed by atoms with Crippen molar-refractivity contribution in [2.45, 2.75) is 30.5 Å². The summed E-state index contributed by atoms with van der Waals surface area (Å²) in [6.45, 7) is 0.442. The summed E-state index contributed by atoms with van der Waals surface area (Å²) < 4.78 is 7.11. The number of nitrogens with two attached hydrogens (primary N) is 1. The van der Waals surface area contributed by atoms with Gasteiger partial charge >= 0.3 is 0 Å². The topological polar surface area (TPSA) is 181 Å². The number of aromatic nitrogens is 4. The molecule has 204 valence electrons. The molecule has 1 aliphatic rings. The van der Waals surface area contributed by atoms with E-state index in [1.54, 1.807) is 0 Å². The minimum Gasteiger partial charge on any atom is -0.394 e. The molecular formula is C27H31N7O5. The number of fused-ring (bicyclic) bond motifs is 1. The first-order chi connectivity index (χ1) is 19.0. The smallest absolute Gasteiger partial charge is 0.289 e. The summed E-state index contributed by atoms with van der Waals surface area (Å²) in [5.74, 6) is -0.361. The van der Waals surface area contributed by atoms with Crippen molar-refractivity contribution >= 4 is 22.9 Å². The maximum absolute atomic E-state index is 12.8. The van der Waals surface area contributed by atoms with Crippen LogP contribution in [0.25, 0.3) is 11.2 Å². The molecule has 0 spiro atoms. The van der Waals surface area contributed by atoms with Gasteiger partial charge in [-0.2, -0.15) is 0 Å². The summed E-state index contributed by atoms with van der Waals surface area (Å²) in [7, 11) is 0. The quantitative estimate of drug-likeness (QED) is 0.167. The number of anilines is 1. The highest BCUT2D eigenvalue weighted by Crippen LogP contribution is 2.33. The Kier molecular flexibility index (Phi) is 8.10. The van der Waals surface area contributed by atoms with Gasteiger partial charge in [-0.1, -0.05) is 60.7 Å². The summed E-state index contributed by atoms with van der Waals surface area (Å²) >= 11 is 0. The highest BCUT2D eigenvalue weighted by Gasteiger charge is 2.44. The minimum absolute atomic E-state index is 0.0329. The summed E-state index contributed by atoms with van der Waals surface area (Å²) in [5.41, 5.74) is 8.30. The second-order valence-corrected chi connectivity index (χ2v) is 9.25. The Morgan fingerprint density at radius 3 is 2.28 bits per heavy atom. The standard InChI is InChI=1S/C27H31N7O5/c28-11-12-29-26(38)24-32-23(30-13-18(16-7-3-1-4-8-16)17-9-5-2-6-10-17)20-25(33-24)34(15-31-20)27-22(37)21(36)19(14-35)39-27/h1-10,15,18-19,21-22,27,35-37H,11-14,28H2,(H,29,38)(H,30,32,33). The lowest BCUT2D eigenvalue weighted by Gasteiger charge is -2.20. The number of aliphatic hydroxyl groups is 3. The van der Waals surface area contributed by atoms with Gasteiger partial charge in [0.1, 0.15) is 18.3 Å². The second kappa shape index (κ2) is 11.8. The number of nitrogens with zero attached hydrogens (tertiary/aromatic N) is 4. The Morgan fingerprint density at radius 2 is 1.69 bits per heavy atom. The van der Waals surface area contributed by atoms with Crippen LogP contribution in [0.5, 0.6) is 0 Å². The molecule has 0 saturated carbocycles. The maximum Gasteiger partial charge on any atom is 0.289 e. The highest BCUT2D eigenvalue weighted by atomic mass is 16.6. The number of hydrogen-bond acceptors (Lipinski definition) is 10. The molecule has 7 N–H and O–H groups in total. The number of carbonyl (C=O) groups is 1. The number of benzene rings is 2. The van der Waals surface area contributed by atoms with Crippen molar-refractivity contribution in [3.05, 3.63) is 83.9 Å². The van der Waals surface area contributed by atoms with Crippen LogP contribution < -0.4 is 16.4 Å². The van der Waals surface area contributed by atoms with Crippen molar-refractivity contribution < 1.29 is 24.9 Å². The molecule has 2 aromatic carbocycles. The van der Waals surface area contributed by atoms with Crippen LogP contribution in [-0.2, 0) is 4.74 Å². The van der Waals surface area contributed by atoms with Gasteiger partial charge in [-0.3, -0.25) is 9.36 Å². The summed E-state index contributed by atoms with van der Waals surface area (Å²) in [6.07, 6.45) is -3.31. The van der Waals surface area contributed by atoms with E-state index >= 15 is 0 Å². The average molecular weight is 534 g/mol. The normalized spacial score (nSPS) is 20.9.